The Morgan fingerprint density at radius 2 is 2.20 bits per heavy atom. The highest BCUT2D eigenvalue weighted by Crippen LogP contribution is 2.41. The van der Waals surface area contributed by atoms with Crippen molar-refractivity contribution in [2.24, 2.45) is 0 Å². The van der Waals surface area contributed by atoms with Crippen LogP contribution in [0.1, 0.15) is 27.7 Å². The van der Waals surface area contributed by atoms with Crippen LogP contribution < -0.4 is 10.1 Å². The zero-order valence-electron chi connectivity index (χ0n) is 16.2. The number of hydrogen-bond acceptors (Lipinski definition) is 5. The molecule has 152 valence electrons. The summed E-state index contributed by atoms with van der Waals surface area (Å²) >= 11 is 7.90. The first-order chi connectivity index (χ1) is 14.5. The second kappa shape index (κ2) is 8.81. The molecule has 1 amide bonds. The molecule has 1 aromatic carbocycles. The fraction of sp³-hybridized carbons (Fsp3) is 0.174. The Morgan fingerprint density at radius 1 is 1.33 bits per heavy atom. The number of amides is 1. The SMILES string of the molecule is CC(=O)c1ccc(-c2cc(Cl)c3c(c2)C[C@H](CNC(=O)C=Cc2cccnc2)O3)s1. The van der Waals surface area contributed by atoms with E-state index in [0.29, 0.717) is 23.7 Å². The topological polar surface area (TPSA) is 68.3 Å². The van der Waals surface area contributed by atoms with Gasteiger partial charge in [-0.2, -0.15) is 0 Å². The maximum absolute atomic E-state index is 12.1. The van der Waals surface area contributed by atoms with E-state index in [-0.39, 0.29) is 17.8 Å². The largest absolute Gasteiger partial charge is 0.486 e. The molecule has 0 radical (unpaired) electrons. The quantitative estimate of drug-likeness (QED) is 0.443. The van der Waals surface area contributed by atoms with Crippen LogP contribution in [0, 0.1) is 0 Å². The first kappa shape index (κ1) is 20.3. The summed E-state index contributed by atoms with van der Waals surface area (Å²) in [6.07, 6.45) is 7.04. The van der Waals surface area contributed by atoms with E-state index < -0.39 is 0 Å². The lowest BCUT2D eigenvalue weighted by Gasteiger charge is -2.11. The van der Waals surface area contributed by atoms with Gasteiger partial charge < -0.3 is 10.1 Å². The summed E-state index contributed by atoms with van der Waals surface area (Å²) in [5, 5.41) is 3.39. The van der Waals surface area contributed by atoms with Gasteiger partial charge in [-0.3, -0.25) is 14.6 Å². The van der Waals surface area contributed by atoms with Crippen LogP contribution in [0.3, 0.4) is 0 Å². The first-order valence-electron chi connectivity index (χ1n) is 9.46. The molecule has 0 saturated carbocycles. The Morgan fingerprint density at radius 3 is 2.93 bits per heavy atom. The Hall–Kier alpha value is -2.96. The molecular formula is C23H19ClN2O3S. The average Bonchev–Trinajstić information content (AvgIpc) is 3.39. The molecule has 3 aromatic rings. The molecule has 0 saturated heterocycles. The van der Waals surface area contributed by atoms with Gasteiger partial charge in [-0.25, -0.2) is 0 Å². The molecule has 1 N–H and O–H groups in total. The number of hydrogen-bond donors (Lipinski definition) is 1. The standard InChI is InChI=1S/C23H19ClN2O3S/c1-14(27)20-5-6-21(30-20)16-9-17-10-18(29-23(17)19(24)11-16)13-26-22(28)7-4-15-3-2-8-25-12-15/h2-9,11-12,18H,10,13H2,1H3,(H,26,28)/t18-/m1/s1. The number of fused-ring (bicyclic) bond motifs is 1. The molecule has 7 heteroatoms. The fourth-order valence-corrected chi connectivity index (χ4v) is 4.42. The number of aromatic nitrogens is 1. The Kier molecular flexibility index (Phi) is 5.97. The third kappa shape index (κ3) is 4.61. The molecule has 0 fully saturated rings. The van der Waals surface area contributed by atoms with E-state index in [4.69, 9.17) is 16.3 Å². The van der Waals surface area contributed by atoms with E-state index in [1.807, 2.05) is 36.4 Å². The number of pyridine rings is 1. The van der Waals surface area contributed by atoms with Gasteiger partial charge in [0, 0.05) is 35.3 Å². The number of nitrogens with one attached hydrogen (secondary N) is 1. The minimum absolute atomic E-state index is 0.0511. The molecule has 2 aromatic heterocycles. The molecule has 0 aliphatic carbocycles. The summed E-state index contributed by atoms with van der Waals surface area (Å²) in [6, 6.07) is 11.4. The average molecular weight is 439 g/mol. The number of ketones is 1. The zero-order chi connectivity index (χ0) is 21.1. The molecule has 30 heavy (non-hydrogen) atoms. The Labute approximate surface area is 183 Å². The third-order valence-electron chi connectivity index (χ3n) is 4.71. The maximum atomic E-state index is 12.1. The molecule has 0 bridgehead atoms. The van der Waals surface area contributed by atoms with Gasteiger partial charge in [0.15, 0.2) is 5.78 Å². The lowest BCUT2D eigenvalue weighted by Crippen LogP contribution is -2.33. The van der Waals surface area contributed by atoms with Gasteiger partial charge in [0.05, 0.1) is 16.4 Å². The minimum Gasteiger partial charge on any atom is -0.486 e. The second-order valence-corrected chi connectivity index (χ2v) is 8.47. The Balaban J connectivity index is 1.39. The minimum atomic E-state index is -0.194. The zero-order valence-corrected chi connectivity index (χ0v) is 17.8. The number of benzene rings is 1. The predicted molar refractivity (Wildman–Crippen MR) is 119 cm³/mol. The number of nitrogens with zero attached hydrogens (tertiary/aromatic N) is 1. The van der Waals surface area contributed by atoms with Crippen molar-refractivity contribution in [1.29, 1.82) is 0 Å². The highest BCUT2D eigenvalue weighted by molar-refractivity contribution is 7.17. The normalized spacial score (nSPS) is 15.1. The van der Waals surface area contributed by atoms with Crippen molar-refractivity contribution in [1.82, 2.24) is 10.3 Å². The summed E-state index contributed by atoms with van der Waals surface area (Å²) in [5.74, 6) is 0.518. The van der Waals surface area contributed by atoms with E-state index >= 15 is 0 Å². The van der Waals surface area contributed by atoms with Crippen molar-refractivity contribution < 1.29 is 14.3 Å². The molecule has 5 nitrogen and oxygen atoms in total. The van der Waals surface area contributed by atoms with Crippen LogP contribution in [0.15, 0.2) is 54.9 Å². The van der Waals surface area contributed by atoms with E-state index in [1.54, 1.807) is 25.4 Å². The van der Waals surface area contributed by atoms with Crippen LogP contribution >= 0.6 is 22.9 Å². The monoisotopic (exact) mass is 438 g/mol. The summed E-state index contributed by atoms with van der Waals surface area (Å²) < 4.78 is 5.95. The number of carbonyl (C=O) groups is 2. The van der Waals surface area contributed by atoms with Gasteiger partial charge in [-0.15, -0.1) is 11.3 Å². The van der Waals surface area contributed by atoms with Crippen molar-refractivity contribution in [3.63, 3.8) is 0 Å². The lowest BCUT2D eigenvalue weighted by molar-refractivity contribution is -0.116. The highest BCUT2D eigenvalue weighted by atomic mass is 35.5. The predicted octanol–water partition coefficient (Wildman–Crippen LogP) is 4.80. The van der Waals surface area contributed by atoms with Crippen LogP contribution in [0.4, 0.5) is 0 Å². The molecule has 1 aliphatic rings. The lowest BCUT2D eigenvalue weighted by atomic mass is 10.1. The van der Waals surface area contributed by atoms with Gasteiger partial charge in [0.25, 0.3) is 0 Å². The van der Waals surface area contributed by atoms with Gasteiger partial charge >= 0.3 is 0 Å². The van der Waals surface area contributed by atoms with Crippen LogP contribution in [0.2, 0.25) is 5.02 Å². The Bertz CT molecular complexity index is 1120. The van der Waals surface area contributed by atoms with Crippen LogP contribution in [-0.2, 0) is 11.2 Å². The van der Waals surface area contributed by atoms with Crippen molar-refractivity contribution >= 4 is 40.7 Å². The summed E-state index contributed by atoms with van der Waals surface area (Å²) in [7, 11) is 0. The number of ether oxygens (including phenoxy) is 1. The van der Waals surface area contributed by atoms with Gasteiger partial charge in [-0.1, -0.05) is 17.7 Å². The van der Waals surface area contributed by atoms with Crippen LogP contribution in [0.5, 0.6) is 5.75 Å². The molecule has 0 unspecified atom stereocenters. The van der Waals surface area contributed by atoms with E-state index in [0.717, 1.165) is 26.4 Å². The van der Waals surface area contributed by atoms with Crippen molar-refractivity contribution in [2.75, 3.05) is 6.54 Å². The third-order valence-corrected chi connectivity index (χ3v) is 6.22. The van der Waals surface area contributed by atoms with Crippen molar-refractivity contribution in [2.45, 2.75) is 19.4 Å². The highest BCUT2D eigenvalue weighted by Gasteiger charge is 2.26. The fourth-order valence-electron chi connectivity index (χ4n) is 3.25. The molecule has 3 heterocycles. The number of carbonyl (C=O) groups excluding carboxylic acids is 2. The number of thiophene rings is 1. The number of halogens is 1. The van der Waals surface area contributed by atoms with Crippen LogP contribution in [0.25, 0.3) is 16.5 Å². The maximum Gasteiger partial charge on any atom is 0.244 e. The summed E-state index contributed by atoms with van der Waals surface area (Å²) in [5.41, 5.74) is 2.82. The smallest absolute Gasteiger partial charge is 0.244 e. The van der Waals surface area contributed by atoms with Crippen LogP contribution in [-0.4, -0.2) is 29.3 Å². The summed E-state index contributed by atoms with van der Waals surface area (Å²) in [4.78, 5) is 29.4. The molecule has 0 spiro atoms. The molecule has 1 atom stereocenters. The molecular weight excluding hydrogens is 420 g/mol. The van der Waals surface area contributed by atoms with E-state index in [9.17, 15) is 9.59 Å². The van der Waals surface area contributed by atoms with Gasteiger partial charge in [0.2, 0.25) is 5.91 Å². The van der Waals surface area contributed by atoms with Gasteiger partial charge in [0.1, 0.15) is 11.9 Å². The molecule has 1 aliphatic heterocycles. The van der Waals surface area contributed by atoms with Gasteiger partial charge in [-0.05, 0) is 54.5 Å². The summed E-state index contributed by atoms with van der Waals surface area (Å²) in [6.45, 7) is 1.94. The second-order valence-electron chi connectivity index (χ2n) is 6.98. The number of rotatable bonds is 6. The van der Waals surface area contributed by atoms with E-state index in [2.05, 4.69) is 10.3 Å². The van der Waals surface area contributed by atoms with E-state index in [1.165, 1.54) is 17.4 Å². The molecule has 4 rings (SSSR count). The number of Topliss-reactive ketones (excluding diaryl/α,β-unsaturated/α-hetero) is 1. The van der Waals surface area contributed by atoms with Crippen molar-refractivity contribution in [3.05, 3.63) is 75.9 Å². The van der Waals surface area contributed by atoms with Crippen molar-refractivity contribution in [3.8, 4) is 16.2 Å². The first-order valence-corrected chi connectivity index (χ1v) is 10.6.